The lowest BCUT2D eigenvalue weighted by Crippen LogP contribution is -2.36. The van der Waals surface area contributed by atoms with Crippen molar-refractivity contribution in [1.82, 2.24) is 4.90 Å². The number of likely N-dealkylation sites (tertiary alicyclic amines) is 1. The largest absolute Gasteiger partial charge is 0.416 e. The summed E-state index contributed by atoms with van der Waals surface area (Å²) < 4.78 is 38.4. The number of aliphatic hydroxyl groups is 1. The second-order valence-corrected chi connectivity index (χ2v) is 8.55. The first kappa shape index (κ1) is 20.6. The van der Waals surface area contributed by atoms with Crippen molar-refractivity contribution < 1.29 is 23.1 Å². The quantitative estimate of drug-likeness (QED) is 0.594. The number of carbonyl (C=O) groups is 1. The third kappa shape index (κ3) is 3.87. The van der Waals surface area contributed by atoms with E-state index in [1.54, 1.807) is 24.1 Å². The highest BCUT2D eigenvalue weighted by molar-refractivity contribution is 7.15. The molecule has 3 aromatic rings. The SMILES string of the molecule is CN1C(=O)C[C@H](c2ccccc2)[C@@H]1[C@H](O)c1ccc(-c2ccc(C(F)(F)F)cc2)s1. The van der Waals surface area contributed by atoms with Gasteiger partial charge in [-0.3, -0.25) is 4.79 Å². The van der Waals surface area contributed by atoms with Gasteiger partial charge in [0.15, 0.2) is 0 Å². The number of amides is 1. The van der Waals surface area contributed by atoms with Crippen LogP contribution in [0.2, 0.25) is 0 Å². The summed E-state index contributed by atoms with van der Waals surface area (Å²) in [5.74, 6) is -0.150. The fourth-order valence-corrected chi connectivity index (χ4v) is 5.04. The monoisotopic (exact) mass is 431 g/mol. The van der Waals surface area contributed by atoms with Gasteiger partial charge in [0.05, 0.1) is 11.6 Å². The topological polar surface area (TPSA) is 40.5 Å². The molecule has 3 atom stereocenters. The average molecular weight is 431 g/mol. The van der Waals surface area contributed by atoms with Crippen LogP contribution < -0.4 is 0 Å². The zero-order valence-electron chi connectivity index (χ0n) is 16.1. The first-order valence-corrected chi connectivity index (χ1v) is 10.3. The van der Waals surface area contributed by atoms with E-state index in [0.717, 1.165) is 22.6 Å². The average Bonchev–Trinajstić information content (AvgIpc) is 3.33. The second kappa shape index (κ2) is 7.89. The van der Waals surface area contributed by atoms with Gasteiger partial charge in [-0.1, -0.05) is 42.5 Å². The smallest absolute Gasteiger partial charge is 0.385 e. The third-order valence-electron chi connectivity index (χ3n) is 5.61. The highest BCUT2D eigenvalue weighted by atomic mass is 32.1. The number of halogens is 3. The molecule has 0 unspecified atom stereocenters. The molecule has 1 aliphatic heterocycles. The molecule has 0 bridgehead atoms. The number of rotatable bonds is 4. The van der Waals surface area contributed by atoms with Crippen LogP contribution in [0.4, 0.5) is 13.2 Å². The van der Waals surface area contributed by atoms with Crippen LogP contribution in [0.1, 0.15) is 34.4 Å². The molecule has 0 radical (unpaired) electrons. The molecule has 1 fully saturated rings. The first-order valence-electron chi connectivity index (χ1n) is 9.52. The molecule has 1 aliphatic rings. The van der Waals surface area contributed by atoms with Crippen molar-refractivity contribution in [2.24, 2.45) is 0 Å². The van der Waals surface area contributed by atoms with Crippen molar-refractivity contribution in [1.29, 1.82) is 0 Å². The maximum absolute atomic E-state index is 12.8. The Balaban J connectivity index is 1.60. The standard InChI is InChI=1S/C23H20F3NO2S/c1-27-20(28)13-17(14-5-3-2-4-6-14)21(27)22(29)19-12-11-18(30-19)15-7-9-16(10-8-15)23(24,25)26/h2-12,17,21-22,29H,13H2,1H3/t17-,21-,22-/m1/s1. The zero-order chi connectivity index (χ0) is 21.5. The van der Waals surface area contributed by atoms with Gasteiger partial charge in [-0.15, -0.1) is 11.3 Å². The van der Waals surface area contributed by atoms with Crippen molar-refractivity contribution in [3.63, 3.8) is 0 Å². The number of aliphatic hydroxyl groups excluding tert-OH is 1. The molecule has 1 aromatic heterocycles. The van der Waals surface area contributed by atoms with Crippen LogP contribution in [-0.2, 0) is 11.0 Å². The fraction of sp³-hybridized carbons (Fsp3) is 0.261. The predicted octanol–water partition coefficient (Wildman–Crippen LogP) is 5.48. The van der Waals surface area contributed by atoms with E-state index in [2.05, 4.69) is 0 Å². The minimum absolute atomic E-state index is 0.0209. The highest BCUT2D eigenvalue weighted by Gasteiger charge is 2.43. The van der Waals surface area contributed by atoms with Crippen LogP contribution in [-0.4, -0.2) is 29.0 Å². The Morgan fingerprint density at radius 2 is 1.70 bits per heavy atom. The molecule has 1 saturated heterocycles. The van der Waals surface area contributed by atoms with Gasteiger partial charge >= 0.3 is 6.18 Å². The maximum Gasteiger partial charge on any atom is 0.416 e. The summed E-state index contributed by atoms with van der Waals surface area (Å²) in [4.78, 5) is 15.4. The summed E-state index contributed by atoms with van der Waals surface area (Å²) >= 11 is 1.33. The molecular weight excluding hydrogens is 411 g/mol. The van der Waals surface area contributed by atoms with E-state index in [9.17, 15) is 23.1 Å². The molecule has 7 heteroatoms. The number of likely N-dealkylation sites (N-methyl/N-ethyl adjacent to an activating group) is 1. The first-order chi connectivity index (χ1) is 14.3. The molecule has 2 aromatic carbocycles. The van der Waals surface area contributed by atoms with Crippen molar-refractivity contribution >= 4 is 17.2 Å². The number of carbonyl (C=O) groups excluding carboxylic acids is 1. The van der Waals surface area contributed by atoms with Crippen LogP contribution in [0.25, 0.3) is 10.4 Å². The van der Waals surface area contributed by atoms with Gasteiger partial charge in [0.1, 0.15) is 6.10 Å². The zero-order valence-corrected chi connectivity index (χ0v) is 17.0. The minimum Gasteiger partial charge on any atom is -0.385 e. The van der Waals surface area contributed by atoms with E-state index in [1.807, 2.05) is 30.3 Å². The van der Waals surface area contributed by atoms with Gasteiger partial charge in [-0.25, -0.2) is 0 Å². The Kier molecular flexibility index (Phi) is 5.42. The molecule has 1 amide bonds. The van der Waals surface area contributed by atoms with Crippen LogP contribution in [0.3, 0.4) is 0 Å². The van der Waals surface area contributed by atoms with Crippen LogP contribution in [0.15, 0.2) is 66.7 Å². The Labute approximate surface area is 176 Å². The summed E-state index contributed by atoms with van der Waals surface area (Å²) in [7, 11) is 1.70. The molecule has 30 heavy (non-hydrogen) atoms. The number of benzene rings is 2. The van der Waals surface area contributed by atoms with Crippen molar-refractivity contribution in [3.05, 3.63) is 82.7 Å². The maximum atomic E-state index is 12.8. The summed E-state index contributed by atoms with van der Waals surface area (Å²) in [6, 6.07) is 17.8. The normalized spacial score (nSPS) is 20.6. The van der Waals surface area contributed by atoms with E-state index in [4.69, 9.17) is 0 Å². The van der Waals surface area contributed by atoms with Crippen LogP contribution in [0, 0.1) is 0 Å². The molecule has 0 saturated carbocycles. The molecule has 0 aliphatic carbocycles. The Hall–Kier alpha value is -2.64. The van der Waals surface area contributed by atoms with Crippen molar-refractivity contribution in [3.8, 4) is 10.4 Å². The van der Waals surface area contributed by atoms with Crippen molar-refractivity contribution in [2.75, 3.05) is 7.05 Å². The second-order valence-electron chi connectivity index (χ2n) is 7.44. The molecule has 4 rings (SSSR count). The van der Waals surface area contributed by atoms with Crippen LogP contribution in [0.5, 0.6) is 0 Å². The van der Waals surface area contributed by atoms with E-state index in [1.165, 1.54) is 23.5 Å². The van der Waals surface area contributed by atoms with Gasteiger partial charge in [0.2, 0.25) is 5.91 Å². The number of alkyl halides is 3. The van der Waals surface area contributed by atoms with E-state index in [-0.39, 0.29) is 11.8 Å². The molecule has 0 spiro atoms. The third-order valence-corrected chi connectivity index (χ3v) is 6.82. The van der Waals surface area contributed by atoms with E-state index >= 15 is 0 Å². The lowest BCUT2D eigenvalue weighted by atomic mass is 9.88. The molecular formula is C23H20F3NO2S. The molecule has 1 N–H and O–H groups in total. The molecule has 2 heterocycles. The molecule has 3 nitrogen and oxygen atoms in total. The Morgan fingerprint density at radius 3 is 2.33 bits per heavy atom. The van der Waals surface area contributed by atoms with E-state index in [0.29, 0.717) is 16.9 Å². The Bertz CT molecular complexity index is 1030. The number of hydrogen-bond donors (Lipinski definition) is 1. The number of nitrogens with zero attached hydrogens (tertiary/aromatic N) is 1. The minimum atomic E-state index is -4.37. The summed E-state index contributed by atoms with van der Waals surface area (Å²) in [5.41, 5.74) is 0.959. The van der Waals surface area contributed by atoms with Gasteiger partial charge in [0, 0.05) is 29.1 Å². The van der Waals surface area contributed by atoms with Gasteiger partial charge < -0.3 is 10.0 Å². The highest BCUT2D eigenvalue weighted by Crippen LogP contribution is 2.43. The van der Waals surface area contributed by atoms with E-state index < -0.39 is 23.9 Å². The predicted molar refractivity (Wildman–Crippen MR) is 110 cm³/mol. The lowest BCUT2D eigenvalue weighted by molar-refractivity contribution is -0.137. The van der Waals surface area contributed by atoms with Gasteiger partial charge in [-0.2, -0.15) is 13.2 Å². The summed E-state index contributed by atoms with van der Waals surface area (Å²) in [5, 5.41) is 11.1. The van der Waals surface area contributed by atoms with Crippen molar-refractivity contribution in [2.45, 2.75) is 30.7 Å². The Morgan fingerprint density at radius 1 is 1.03 bits per heavy atom. The number of hydrogen-bond acceptors (Lipinski definition) is 3. The lowest BCUT2D eigenvalue weighted by Gasteiger charge is -2.29. The summed E-state index contributed by atoms with van der Waals surface area (Å²) in [6.45, 7) is 0. The summed E-state index contributed by atoms with van der Waals surface area (Å²) in [6.07, 6.45) is -4.93. The van der Waals surface area contributed by atoms with Crippen LogP contribution >= 0.6 is 11.3 Å². The molecule has 156 valence electrons. The van der Waals surface area contributed by atoms with Gasteiger partial charge in [0.25, 0.3) is 0 Å². The fourth-order valence-electron chi connectivity index (χ4n) is 3.99. The number of thiophene rings is 1. The van der Waals surface area contributed by atoms with Gasteiger partial charge in [-0.05, 0) is 35.4 Å².